The zero-order chi connectivity index (χ0) is 13.3. The molecule has 1 aromatic carbocycles. The maximum atomic E-state index is 11.9. The quantitative estimate of drug-likeness (QED) is 0.792. The lowest BCUT2D eigenvalue weighted by Crippen LogP contribution is -2.13. The Morgan fingerprint density at radius 2 is 2.06 bits per heavy atom. The van der Waals surface area contributed by atoms with E-state index < -0.39 is 0 Å². The van der Waals surface area contributed by atoms with Crippen LogP contribution in [0.1, 0.15) is 21.7 Å². The molecule has 3 N–H and O–H groups in total. The number of carbonyl (C=O) groups excluding carboxylic acids is 1. The molecule has 2 rings (SSSR count). The highest BCUT2D eigenvalue weighted by Gasteiger charge is 2.11. The molecule has 0 radical (unpaired) electrons. The van der Waals surface area contributed by atoms with Gasteiger partial charge in [-0.15, -0.1) is 0 Å². The lowest BCUT2D eigenvalue weighted by molar-refractivity contribution is 0.102. The van der Waals surface area contributed by atoms with Crippen LogP contribution >= 0.6 is 0 Å². The van der Waals surface area contributed by atoms with Crippen molar-refractivity contribution in [2.75, 3.05) is 11.1 Å². The van der Waals surface area contributed by atoms with Gasteiger partial charge in [0.25, 0.3) is 5.91 Å². The fraction of sp³-hybridized carbons (Fsp3) is 0.231. The number of anilines is 2. The summed E-state index contributed by atoms with van der Waals surface area (Å²) < 4.78 is 1.67. The van der Waals surface area contributed by atoms with Crippen molar-refractivity contribution in [1.82, 2.24) is 9.78 Å². The third-order valence-electron chi connectivity index (χ3n) is 2.88. The molecule has 0 aliphatic heterocycles. The second kappa shape index (κ2) is 4.52. The first-order chi connectivity index (χ1) is 8.47. The minimum atomic E-state index is -0.234. The third-order valence-corrected chi connectivity index (χ3v) is 2.88. The van der Waals surface area contributed by atoms with Crippen molar-refractivity contribution >= 4 is 17.3 Å². The molecular weight excluding hydrogens is 228 g/mol. The van der Waals surface area contributed by atoms with E-state index >= 15 is 0 Å². The molecule has 5 heteroatoms. The summed E-state index contributed by atoms with van der Waals surface area (Å²) in [6, 6.07) is 7.17. The monoisotopic (exact) mass is 244 g/mol. The van der Waals surface area contributed by atoms with Crippen LogP contribution in [0.5, 0.6) is 0 Å². The van der Waals surface area contributed by atoms with E-state index in [-0.39, 0.29) is 5.91 Å². The number of hydrogen-bond acceptors (Lipinski definition) is 3. The van der Waals surface area contributed by atoms with Crippen molar-refractivity contribution in [1.29, 1.82) is 0 Å². The summed E-state index contributed by atoms with van der Waals surface area (Å²) in [7, 11) is 1.80. The Kier molecular flexibility index (Phi) is 3.06. The van der Waals surface area contributed by atoms with E-state index in [0.717, 1.165) is 11.3 Å². The number of aryl methyl sites for hydroxylation is 3. The van der Waals surface area contributed by atoms with E-state index in [9.17, 15) is 4.79 Å². The van der Waals surface area contributed by atoms with Gasteiger partial charge in [-0.25, -0.2) is 0 Å². The summed E-state index contributed by atoms with van der Waals surface area (Å²) in [5.74, 6) is -0.234. The molecule has 0 atom stereocenters. The van der Waals surface area contributed by atoms with Crippen molar-refractivity contribution in [3.05, 3.63) is 41.2 Å². The van der Waals surface area contributed by atoms with E-state index in [1.807, 2.05) is 26.0 Å². The molecule has 18 heavy (non-hydrogen) atoms. The summed E-state index contributed by atoms with van der Waals surface area (Å²) in [6.45, 7) is 3.82. The Morgan fingerprint density at radius 3 is 2.61 bits per heavy atom. The van der Waals surface area contributed by atoms with E-state index in [1.165, 1.54) is 0 Å². The highest BCUT2D eigenvalue weighted by Crippen LogP contribution is 2.17. The van der Waals surface area contributed by atoms with Crippen LogP contribution in [-0.2, 0) is 7.05 Å². The molecule has 0 saturated carbocycles. The first-order valence-electron chi connectivity index (χ1n) is 5.65. The predicted octanol–water partition coefficient (Wildman–Crippen LogP) is 1.87. The Labute approximate surface area is 106 Å². The number of amides is 1. The lowest BCUT2D eigenvalue weighted by atomic mass is 10.2. The van der Waals surface area contributed by atoms with E-state index in [1.54, 1.807) is 23.9 Å². The first-order valence-corrected chi connectivity index (χ1v) is 5.65. The summed E-state index contributed by atoms with van der Waals surface area (Å²) in [5, 5.41) is 6.89. The van der Waals surface area contributed by atoms with Crippen LogP contribution in [0.4, 0.5) is 11.4 Å². The molecule has 1 heterocycles. The average Bonchev–Trinajstić information content (AvgIpc) is 2.65. The first kappa shape index (κ1) is 12.2. The molecule has 1 amide bonds. The highest BCUT2D eigenvalue weighted by molar-refractivity contribution is 6.03. The Balaban J connectivity index is 2.18. The van der Waals surface area contributed by atoms with E-state index in [0.29, 0.717) is 17.1 Å². The average molecular weight is 244 g/mol. The van der Waals surface area contributed by atoms with Crippen LogP contribution in [0.3, 0.4) is 0 Å². The molecule has 94 valence electrons. The Hall–Kier alpha value is -2.30. The number of carbonyl (C=O) groups is 1. The van der Waals surface area contributed by atoms with Crippen molar-refractivity contribution < 1.29 is 4.79 Å². The number of nitrogens with zero attached hydrogens (tertiary/aromatic N) is 2. The van der Waals surface area contributed by atoms with E-state index in [2.05, 4.69) is 10.4 Å². The molecule has 0 aliphatic rings. The van der Waals surface area contributed by atoms with Crippen LogP contribution in [0.15, 0.2) is 24.3 Å². The Morgan fingerprint density at radius 1 is 1.33 bits per heavy atom. The van der Waals surface area contributed by atoms with Crippen LogP contribution in [0, 0.1) is 13.8 Å². The fourth-order valence-corrected chi connectivity index (χ4v) is 1.58. The standard InChI is InChI=1S/C13H16N4O/c1-8-4-5-10(7-11(8)14)15-13(18)12-6-9(2)17(3)16-12/h4-7H,14H2,1-3H3,(H,15,18). The smallest absolute Gasteiger partial charge is 0.276 e. The molecule has 5 nitrogen and oxygen atoms in total. The minimum Gasteiger partial charge on any atom is -0.398 e. The minimum absolute atomic E-state index is 0.234. The predicted molar refractivity (Wildman–Crippen MR) is 71.5 cm³/mol. The molecule has 0 saturated heterocycles. The van der Waals surface area contributed by atoms with Gasteiger partial charge in [0.15, 0.2) is 5.69 Å². The summed E-state index contributed by atoms with van der Waals surface area (Å²) in [4.78, 5) is 11.9. The van der Waals surface area contributed by atoms with Crippen molar-refractivity contribution in [3.8, 4) is 0 Å². The highest BCUT2D eigenvalue weighted by atomic mass is 16.1. The zero-order valence-electron chi connectivity index (χ0n) is 10.7. The number of nitrogens with two attached hydrogens (primary N) is 1. The molecular formula is C13H16N4O. The molecule has 0 spiro atoms. The molecule has 0 aliphatic carbocycles. The number of hydrogen-bond donors (Lipinski definition) is 2. The molecule has 1 aromatic heterocycles. The van der Waals surface area contributed by atoms with Gasteiger partial charge >= 0.3 is 0 Å². The van der Waals surface area contributed by atoms with Gasteiger partial charge in [-0.1, -0.05) is 6.07 Å². The van der Waals surface area contributed by atoms with Crippen LogP contribution in [0.2, 0.25) is 0 Å². The van der Waals surface area contributed by atoms with Gasteiger partial charge in [-0.3, -0.25) is 9.48 Å². The number of rotatable bonds is 2. The molecule has 2 aromatic rings. The molecule has 0 fully saturated rings. The summed E-state index contributed by atoms with van der Waals surface area (Å²) in [6.07, 6.45) is 0. The third kappa shape index (κ3) is 2.34. The summed E-state index contributed by atoms with van der Waals surface area (Å²) >= 11 is 0. The van der Waals surface area contributed by atoms with Gasteiger partial charge in [-0.05, 0) is 37.6 Å². The topological polar surface area (TPSA) is 72.9 Å². The fourth-order valence-electron chi connectivity index (χ4n) is 1.58. The van der Waals surface area contributed by atoms with Gasteiger partial charge in [0.05, 0.1) is 0 Å². The van der Waals surface area contributed by atoms with Crippen molar-refractivity contribution in [2.45, 2.75) is 13.8 Å². The van der Waals surface area contributed by atoms with E-state index in [4.69, 9.17) is 5.73 Å². The van der Waals surface area contributed by atoms with Crippen LogP contribution in [0.25, 0.3) is 0 Å². The maximum absolute atomic E-state index is 11.9. The number of benzene rings is 1. The van der Waals surface area contributed by atoms with Gasteiger partial charge < -0.3 is 11.1 Å². The van der Waals surface area contributed by atoms with Crippen LogP contribution < -0.4 is 11.1 Å². The van der Waals surface area contributed by atoms with Gasteiger partial charge in [0.1, 0.15) is 0 Å². The number of nitrogens with one attached hydrogen (secondary N) is 1. The second-order valence-electron chi connectivity index (χ2n) is 4.32. The SMILES string of the molecule is Cc1ccc(NC(=O)c2cc(C)n(C)n2)cc1N. The maximum Gasteiger partial charge on any atom is 0.276 e. The van der Waals surface area contributed by atoms with Gasteiger partial charge in [-0.2, -0.15) is 5.10 Å². The number of aromatic nitrogens is 2. The Bertz CT molecular complexity index is 582. The zero-order valence-corrected chi connectivity index (χ0v) is 10.7. The van der Waals surface area contributed by atoms with Crippen molar-refractivity contribution in [3.63, 3.8) is 0 Å². The van der Waals surface area contributed by atoms with Gasteiger partial charge in [0, 0.05) is 24.1 Å². The lowest BCUT2D eigenvalue weighted by Gasteiger charge is -2.05. The number of nitrogen functional groups attached to an aromatic ring is 1. The molecule has 0 unspecified atom stereocenters. The summed E-state index contributed by atoms with van der Waals surface area (Å²) in [5.41, 5.74) is 9.44. The molecule has 0 bridgehead atoms. The van der Waals surface area contributed by atoms with Crippen molar-refractivity contribution in [2.24, 2.45) is 7.05 Å². The second-order valence-corrected chi connectivity index (χ2v) is 4.32. The normalized spacial score (nSPS) is 10.4. The largest absolute Gasteiger partial charge is 0.398 e. The van der Waals surface area contributed by atoms with Gasteiger partial charge in [0.2, 0.25) is 0 Å². The van der Waals surface area contributed by atoms with Crippen LogP contribution in [-0.4, -0.2) is 15.7 Å².